The van der Waals surface area contributed by atoms with Gasteiger partial charge >= 0.3 is 0 Å². The van der Waals surface area contributed by atoms with Gasteiger partial charge in [-0.1, -0.05) is 99.5 Å². The minimum atomic E-state index is 0.788. The van der Waals surface area contributed by atoms with Gasteiger partial charge in [0.1, 0.15) is 5.75 Å². The Hall–Kier alpha value is -2.84. The fourth-order valence-corrected chi connectivity index (χ4v) is 3.92. The molecule has 2 heteroatoms. The fraction of sp³-hybridized carbons (Fsp3) is 0.333. The van der Waals surface area contributed by atoms with Gasteiger partial charge in [-0.05, 0) is 72.9 Å². The normalized spacial score (nSPS) is 11.7. The van der Waals surface area contributed by atoms with Gasteiger partial charge in [-0.25, -0.2) is 0 Å². The molecule has 0 fully saturated rings. The number of nitrogens with zero attached hydrogens (tertiary/aromatic N) is 1. The summed E-state index contributed by atoms with van der Waals surface area (Å²) in [7, 11) is 0. The summed E-state index contributed by atoms with van der Waals surface area (Å²) < 4.78 is 6.00. The topological polar surface area (TPSA) is 12.5 Å². The molecule has 0 unspecified atom stereocenters. The monoisotopic (exact) mass is 427 g/mol. The number of rotatable bonds is 13. The molecule has 0 bridgehead atoms. The van der Waals surface area contributed by atoms with Gasteiger partial charge in [-0.2, -0.15) is 0 Å². The van der Waals surface area contributed by atoms with E-state index >= 15 is 0 Å². The fourth-order valence-electron chi connectivity index (χ4n) is 3.92. The summed E-state index contributed by atoms with van der Waals surface area (Å²) in [6.07, 6.45) is 7.17. The molecule has 0 aliphatic rings. The van der Waals surface area contributed by atoms with Gasteiger partial charge in [0.05, 0.1) is 6.61 Å². The molecule has 0 amide bonds. The van der Waals surface area contributed by atoms with Crippen LogP contribution in [0.15, 0.2) is 84.9 Å². The molecule has 0 aliphatic carbocycles. The maximum atomic E-state index is 6.00. The first-order chi connectivity index (χ1) is 15.8. The Morgan fingerprint density at radius 2 is 1.28 bits per heavy atom. The summed E-state index contributed by atoms with van der Waals surface area (Å²) in [5, 5.41) is 0. The van der Waals surface area contributed by atoms with Crippen LogP contribution in [-0.2, 0) is 0 Å². The number of ether oxygens (including phenoxy) is 1. The highest BCUT2D eigenvalue weighted by Crippen LogP contribution is 2.27. The van der Waals surface area contributed by atoms with E-state index in [9.17, 15) is 0 Å². The van der Waals surface area contributed by atoms with Gasteiger partial charge < -0.3 is 9.64 Å². The summed E-state index contributed by atoms with van der Waals surface area (Å²) >= 11 is 0. The van der Waals surface area contributed by atoms with Crippen LogP contribution in [0, 0.1) is 0 Å². The highest BCUT2D eigenvalue weighted by Gasteiger charge is 2.06. The second-order valence-corrected chi connectivity index (χ2v) is 8.15. The van der Waals surface area contributed by atoms with Crippen molar-refractivity contribution in [2.75, 3.05) is 26.2 Å². The molecule has 0 radical (unpaired) electrons. The lowest BCUT2D eigenvalue weighted by molar-refractivity contribution is 0.284. The molecule has 2 nitrogen and oxygen atoms in total. The largest absolute Gasteiger partial charge is 0.494 e. The van der Waals surface area contributed by atoms with E-state index in [0.717, 1.165) is 31.9 Å². The molecule has 3 rings (SSSR count). The van der Waals surface area contributed by atoms with Crippen LogP contribution in [0.5, 0.6) is 5.75 Å². The minimum absolute atomic E-state index is 0.788. The van der Waals surface area contributed by atoms with Gasteiger partial charge in [0.15, 0.2) is 0 Å². The van der Waals surface area contributed by atoms with E-state index in [1.54, 1.807) is 0 Å². The molecular weight excluding hydrogens is 390 g/mol. The number of hydrogen-bond acceptors (Lipinski definition) is 2. The third-order valence-corrected chi connectivity index (χ3v) is 5.89. The molecule has 0 spiro atoms. The maximum Gasteiger partial charge on any atom is 0.119 e. The van der Waals surface area contributed by atoms with E-state index in [0.29, 0.717) is 0 Å². The summed E-state index contributed by atoms with van der Waals surface area (Å²) in [5.41, 5.74) is 4.84. The standard InChI is InChI=1S/C30H37NO/c1-3-31(4-2)23-13-5-6-14-24-32-29-21-19-28(20-22-29)30(27-17-11-8-12-18-27)25-26-15-9-7-10-16-26/h7-12,15-22,25H,3-6,13-14,23-24H2,1-2H3/b30-25+. The molecule has 0 aromatic heterocycles. The predicted octanol–water partition coefficient (Wildman–Crippen LogP) is 7.56. The van der Waals surface area contributed by atoms with Crippen LogP contribution in [0.25, 0.3) is 11.6 Å². The van der Waals surface area contributed by atoms with Gasteiger partial charge in [-0.15, -0.1) is 0 Å². The van der Waals surface area contributed by atoms with Crippen molar-refractivity contribution in [1.82, 2.24) is 4.90 Å². The van der Waals surface area contributed by atoms with Crippen molar-refractivity contribution in [3.63, 3.8) is 0 Å². The SMILES string of the molecule is CCN(CC)CCCCCCOc1ccc(/C(=C/c2ccccc2)c2ccccc2)cc1. The lowest BCUT2D eigenvalue weighted by atomic mass is 9.95. The molecule has 0 saturated heterocycles. The molecular formula is C30H37NO. The van der Waals surface area contributed by atoms with Crippen LogP contribution < -0.4 is 4.74 Å². The first-order valence-corrected chi connectivity index (χ1v) is 12.1. The zero-order chi connectivity index (χ0) is 22.4. The van der Waals surface area contributed by atoms with Gasteiger partial charge in [0.25, 0.3) is 0 Å². The quantitative estimate of drug-likeness (QED) is 0.206. The van der Waals surface area contributed by atoms with Gasteiger partial charge in [0.2, 0.25) is 0 Å². The Kier molecular flexibility index (Phi) is 10.1. The van der Waals surface area contributed by atoms with Crippen LogP contribution in [-0.4, -0.2) is 31.1 Å². The molecule has 0 heterocycles. The molecule has 168 valence electrons. The predicted molar refractivity (Wildman–Crippen MR) is 138 cm³/mol. The summed E-state index contributed by atoms with van der Waals surface area (Å²) in [6, 6.07) is 29.6. The van der Waals surface area contributed by atoms with Crippen molar-refractivity contribution in [1.29, 1.82) is 0 Å². The molecule has 32 heavy (non-hydrogen) atoms. The zero-order valence-corrected chi connectivity index (χ0v) is 19.7. The van der Waals surface area contributed by atoms with Crippen LogP contribution in [0.4, 0.5) is 0 Å². The Labute approximate surface area is 194 Å². The highest BCUT2D eigenvalue weighted by molar-refractivity contribution is 5.91. The Balaban J connectivity index is 1.54. The Bertz CT molecular complexity index is 912. The first kappa shape index (κ1) is 23.8. The Morgan fingerprint density at radius 3 is 1.94 bits per heavy atom. The van der Waals surface area contributed by atoms with Crippen LogP contribution in [0.2, 0.25) is 0 Å². The Morgan fingerprint density at radius 1 is 0.688 bits per heavy atom. The lowest BCUT2D eigenvalue weighted by Crippen LogP contribution is -2.23. The van der Waals surface area contributed by atoms with E-state index in [-0.39, 0.29) is 0 Å². The molecule has 0 saturated carbocycles. The van der Waals surface area contributed by atoms with E-state index in [1.165, 1.54) is 48.1 Å². The average Bonchev–Trinajstić information content (AvgIpc) is 2.86. The van der Waals surface area contributed by atoms with Crippen LogP contribution in [0.3, 0.4) is 0 Å². The minimum Gasteiger partial charge on any atom is -0.494 e. The van der Waals surface area contributed by atoms with Crippen molar-refractivity contribution in [2.24, 2.45) is 0 Å². The first-order valence-electron chi connectivity index (χ1n) is 12.1. The van der Waals surface area contributed by atoms with E-state index in [4.69, 9.17) is 4.74 Å². The van der Waals surface area contributed by atoms with Crippen molar-refractivity contribution in [3.05, 3.63) is 102 Å². The van der Waals surface area contributed by atoms with Crippen molar-refractivity contribution in [3.8, 4) is 5.75 Å². The zero-order valence-electron chi connectivity index (χ0n) is 19.7. The van der Waals surface area contributed by atoms with E-state index < -0.39 is 0 Å². The van der Waals surface area contributed by atoms with Gasteiger partial charge in [0, 0.05) is 0 Å². The highest BCUT2D eigenvalue weighted by atomic mass is 16.5. The molecule has 0 N–H and O–H groups in total. The van der Waals surface area contributed by atoms with Crippen molar-refractivity contribution in [2.45, 2.75) is 39.5 Å². The molecule has 3 aromatic rings. The number of benzene rings is 3. The van der Waals surface area contributed by atoms with E-state index in [2.05, 4.69) is 110 Å². The van der Waals surface area contributed by atoms with Gasteiger partial charge in [-0.3, -0.25) is 0 Å². The summed E-state index contributed by atoms with van der Waals surface area (Å²) in [6.45, 7) is 8.79. The smallest absolute Gasteiger partial charge is 0.119 e. The number of hydrogen-bond donors (Lipinski definition) is 0. The number of unbranched alkanes of at least 4 members (excludes halogenated alkanes) is 3. The molecule has 3 aromatic carbocycles. The average molecular weight is 428 g/mol. The molecule has 0 atom stereocenters. The van der Waals surface area contributed by atoms with Crippen LogP contribution >= 0.6 is 0 Å². The maximum absolute atomic E-state index is 6.00. The second-order valence-electron chi connectivity index (χ2n) is 8.15. The van der Waals surface area contributed by atoms with Crippen molar-refractivity contribution >= 4 is 11.6 Å². The second kappa shape index (κ2) is 13.5. The molecule has 0 aliphatic heterocycles. The summed E-state index contributed by atoms with van der Waals surface area (Å²) in [5.74, 6) is 0.948. The third kappa shape index (κ3) is 7.69. The summed E-state index contributed by atoms with van der Waals surface area (Å²) in [4.78, 5) is 2.49. The van der Waals surface area contributed by atoms with E-state index in [1.807, 2.05) is 0 Å². The van der Waals surface area contributed by atoms with Crippen molar-refractivity contribution < 1.29 is 4.74 Å². The third-order valence-electron chi connectivity index (χ3n) is 5.89. The van der Waals surface area contributed by atoms with Crippen LogP contribution in [0.1, 0.15) is 56.2 Å². The lowest BCUT2D eigenvalue weighted by Gasteiger charge is -2.17.